The Morgan fingerprint density at radius 3 is 2.50 bits per heavy atom. The number of rotatable bonds is 4. The Morgan fingerprint density at radius 1 is 1.33 bits per heavy atom. The van der Waals surface area contributed by atoms with Crippen molar-refractivity contribution in [1.29, 1.82) is 0 Å². The monoisotopic (exact) mass is 240 g/mol. The highest BCUT2D eigenvalue weighted by Crippen LogP contribution is 2.20. The Balaban J connectivity index is 3.35. The minimum absolute atomic E-state index is 0.971. The van der Waals surface area contributed by atoms with E-state index in [9.17, 15) is 0 Å². The van der Waals surface area contributed by atoms with Crippen LogP contribution in [-0.4, -0.2) is 17.7 Å². The van der Waals surface area contributed by atoms with Gasteiger partial charge in [0, 0.05) is 30.6 Å². The van der Waals surface area contributed by atoms with Gasteiger partial charge in [-0.2, -0.15) is 0 Å². The van der Waals surface area contributed by atoms with Gasteiger partial charge in [-0.1, -0.05) is 24.3 Å². The predicted molar refractivity (Wildman–Crippen MR) is 79.0 cm³/mol. The van der Waals surface area contributed by atoms with Gasteiger partial charge < -0.3 is 0 Å². The van der Waals surface area contributed by atoms with Crippen molar-refractivity contribution in [1.82, 2.24) is 4.98 Å². The van der Waals surface area contributed by atoms with Crippen molar-refractivity contribution in [3.63, 3.8) is 0 Å². The average molecular weight is 240 g/mol. The van der Waals surface area contributed by atoms with Gasteiger partial charge in [-0.05, 0) is 38.5 Å². The van der Waals surface area contributed by atoms with Gasteiger partial charge in [0.25, 0.3) is 0 Å². The molecule has 0 aliphatic rings. The van der Waals surface area contributed by atoms with Crippen LogP contribution in [0.5, 0.6) is 0 Å². The molecule has 0 saturated heterocycles. The number of hydrogen-bond acceptors (Lipinski definition) is 2. The van der Waals surface area contributed by atoms with E-state index in [-0.39, 0.29) is 0 Å². The molecule has 18 heavy (non-hydrogen) atoms. The molecule has 94 valence electrons. The molecule has 1 heterocycles. The minimum atomic E-state index is 0.971. The second kappa shape index (κ2) is 6.70. The molecule has 2 nitrogen and oxygen atoms in total. The van der Waals surface area contributed by atoms with Crippen molar-refractivity contribution >= 4 is 5.71 Å². The van der Waals surface area contributed by atoms with Crippen LogP contribution in [0.3, 0.4) is 0 Å². The molecular formula is C16H20N2. The molecule has 0 radical (unpaired) electrons. The van der Waals surface area contributed by atoms with Gasteiger partial charge in [0.15, 0.2) is 0 Å². The van der Waals surface area contributed by atoms with Gasteiger partial charge in [-0.3, -0.25) is 9.98 Å². The lowest BCUT2D eigenvalue weighted by atomic mass is 9.93. The number of aliphatic imine (C=N–C) groups is 1. The van der Waals surface area contributed by atoms with Crippen molar-refractivity contribution < 1.29 is 0 Å². The highest BCUT2D eigenvalue weighted by molar-refractivity contribution is 6.15. The standard InChI is InChI=1S/C16H20N2/c1-6-8-13(4)15(12(2)3)16(17-5)14-9-7-10-18-11-14/h6-11H,1H2,2-5H3/b13-8-,17-16?. The summed E-state index contributed by atoms with van der Waals surface area (Å²) >= 11 is 0. The Hall–Kier alpha value is -1.96. The highest BCUT2D eigenvalue weighted by atomic mass is 14.7. The second-order valence-corrected chi connectivity index (χ2v) is 4.27. The fourth-order valence-electron chi connectivity index (χ4n) is 1.97. The summed E-state index contributed by atoms with van der Waals surface area (Å²) in [6, 6.07) is 3.95. The zero-order valence-corrected chi connectivity index (χ0v) is 11.6. The molecule has 0 bridgehead atoms. The lowest BCUT2D eigenvalue weighted by Crippen LogP contribution is -2.08. The number of hydrogen-bond donors (Lipinski definition) is 0. The molecule has 0 saturated carbocycles. The number of pyridine rings is 1. The maximum absolute atomic E-state index is 4.43. The molecule has 0 aliphatic heterocycles. The van der Waals surface area contributed by atoms with Crippen LogP contribution >= 0.6 is 0 Å². The van der Waals surface area contributed by atoms with E-state index in [1.165, 1.54) is 5.57 Å². The molecule has 0 fully saturated rings. The average Bonchev–Trinajstić information content (AvgIpc) is 2.36. The summed E-state index contributed by atoms with van der Waals surface area (Å²) in [6.45, 7) is 10.0. The fraction of sp³-hybridized carbons (Fsp3) is 0.250. The molecule has 0 N–H and O–H groups in total. The van der Waals surface area contributed by atoms with Crippen LogP contribution in [-0.2, 0) is 0 Å². The molecule has 0 atom stereocenters. The van der Waals surface area contributed by atoms with Gasteiger partial charge in [0.2, 0.25) is 0 Å². The van der Waals surface area contributed by atoms with E-state index in [4.69, 9.17) is 0 Å². The third kappa shape index (κ3) is 3.27. The van der Waals surface area contributed by atoms with E-state index in [2.05, 4.69) is 37.3 Å². The Bertz CT molecular complexity index is 501. The number of allylic oxidation sites excluding steroid dienone is 5. The first-order valence-electron chi connectivity index (χ1n) is 5.96. The summed E-state index contributed by atoms with van der Waals surface area (Å²) in [4.78, 5) is 8.58. The van der Waals surface area contributed by atoms with Crippen molar-refractivity contribution in [3.05, 3.63) is 65.5 Å². The van der Waals surface area contributed by atoms with Crippen molar-refractivity contribution in [2.75, 3.05) is 7.05 Å². The van der Waals surface area contributed by atoms with Crippen LogP contribution in [0.25, 0.3) is 0 Å². The van der Waals surface area contributed by atoms with Crippen LogP contribution in [0.4, 0.5) is 0 Å². The first-order valence-corrected chi connectivity index (χ1v) is 5.96. The van der Waals surface area contributed by atoms with Crippen LogP contribution in [0.15, 0.2) is 65.0 Å². The normalized spacial score (nSPS) is 12.2. The predicted octanol–water partition coefficient (Wildman–Crippen LogP) is 3.97. The van der Waals surface area contributed by atoms with Gasteiger partial charge in [-0.15, -0.1) is 0 Å². The quantitative estimate of drug-likeness (QED) is 0.577. The van der Waals surface area contributed by atoms with Gasteiger partial charge in [0.1, 0.15) is 0 Å². The minimum Gasteiger partial charge on any atom is -0.287 e. The number of aromatic nitrogens is 1. The van der Waals surface area contributed by atoms with Crippen LogP contribution in [0.2, 0.25) is 0 Å². The summed E-state index contributed by atoms with van der Waals surface area (Å²) in [7, 11) is 1.81. The molecule has 1 aromatic rings. The maximum Gasteiger partial charge on any atom is 0.0732 e. The summed E-state index contributed by atoms with van der Waals surface area (Å²) < 4.78 is 0. The Labute approximate surface area is 109 Å². The largest absolute Gasteiger partial charge is 0.287 e. The molecule has 0 unspecified atom stereocenters. The number of nitrogens with zero attached hydrogens (tertiary/aromatic N) is 2. The molecule has 2 heteroatoms. The van der Waals surface area contributed by atoms with E-state index in [1.54, 1.807) is 12.3 Å². The molecule has 1 aromatic heterocycles. The summed E-state index contributed by atoms with van der Waals surface area (Å²) in [5.41, 5.74) is 5.56. The fourth-order valence-corrected chi connectivity index (χ4v) is 1.97. The third-order valence-corrected chi connectivity index (χ3v) is 2.66. The summed E-state index contributed by atoms with van der Waals surface area (Å²) in [6.07, 6.45) is 7.41. The van der Waals surface area contributed by atoms with E-state index in [1.807, 2.05) is 31.5 Å². The smallest absolute Gasteiger partial charge is 0.0732 e. The van der Waals surface area contributed by atoms with E-state index in [0.29, 0.717) is 0 Å². The topological polar surface area (TPSA) is 25.2 Å². The molecule has 0 amide bonds. The SMILES string of the molecule is C=C/C=C(/C)C(C(=NC)c1cccnc1)=C(C)C. The van der Waals surface area contributed by atoms with E-state index >= 15 is 0 Å². The maximum atomic E-state index is 4.43. The van der Waals surface area contributed by atoms with Gasteiger partial charge in [0.05, 0.1) is 5.71 Å². The Kier molecular flexibility index (Phi) is 5.25. The van der Waals surface area contributed by atoms with Crippen LogP contribution in [0, 0.1) is 0 Å². The van der Waals surface area contributed by atoms with E-state index in [0.717, 1.165) is 22.4 Å². The molecule has 0 aromatic carbocycles. The third-order valence-electron chi connectivity index (χ3n) is 2.66. The highest BCUT2D eigenvalue weighted by Gasteiger charge is 2.12. The van der Waals surface area contributed by atoms with Gasteiger partial charge >= 0.3 is 0 Å². The zero-order chi connectivity index (χ0) is 13.5. The summed E-state index contributed by atoms with van der Waals surface area (Å²) in [5.74, 6) is 0. The second-order valence-electron chi connectivity index (χ2n) is 4.27. The van der Waals surface area contributed by atoms with E-state index < -0.39 is 0 Å². The molecular weight excluding hydrogens is 220 g/mol. The van der Waals surface area contributed by atoms with Gasteiger partial charge in [-0.25, -0.2) is 0 Å². The molecule has 0 aliphatic carbocycles. The Morgan fingerprint density at radius 2 is 2.06 bits per heavy atom. The van der Waals surface area contributed by atoms with Crippen molar-refractivity contribution in [2.45, 2.75) is 20.8 Å². The zero-order valence-electron chi connectivity index (χ0n) is 11.6. The van der Waals surface area contributed by atoms with Crippen LogP contribution < -0.4 is 0 Å². The van der Waals surface area contributed by atoms with Crippen LogP contribution in [0.1, 0.15) is 26.3 Å². The van der Waals surface area contributed by atoms with Crippen molar-refractivity contribution in [2.24, 2.45) is 4.99 Å². The first kappa shape index (κ1) is 14.1. The molecule has 0 spiro atoms. The lowest BCUT2D eigenvalue weighted by molar-refractivity contribution is 1.26. The summed E-state index contributed by atoms with van der Waals surface area (Å²) in [5, 5.41) is 0. The molecule has 1 rings (SSSR count). The van der Waals surface area contributed by atoms with Crippen molar-refractivity contribution in [3.8, 4) is 0 Å². The lowest BCUT2D eigenvalue weighted by Gasteiger charge is -2.13. The first-order chi connectivity index (χ1) is 8.61.